The van der Waals surface area contributed by atoms with Crippen molar-refractivity contribution in [2.24, 2.45) is 0 Å². The molecule has 2 amide bonds. The van der Waals surface area contributed by atoms with Gasteiger partial charge in [-0.2, -0.15) is 0 Å². The monoisotopic (exact) mass is 376 g/mol. The van der Waals surface area contributed by atoms with Gasteiger partial charge in [-0.05, 0) is 55.3 Å². The van der Waals surface area contributed by atoms with E-state index in [0.29, 0.717) is 5.02 Å². The van der Waals surface area contributed by atoms with Crippen molar-refractivity contribution in [3.63, 3.8) is 0 Å². The molecule has 0 spiro atoms. The molecule has 0 heterocycles. The zero-order chi connectivity index (χ0) is 18.4. The normalized spacial score (nSPS) is 10.4. The summed E-state index contributed by atoms with van der Waals surface area (Å²) < 4.78 is 0. The quantitative estimate of drug-likeness (QED) is 0.770. The number of hydrogen-bond donors (Lipinski definition) is 1. The fourth-order valence-corrected chi connectivity index (χ4v) is 3.11. The molecule has 25 heavy (non-hydrogen) atoms. The highest BCUT2D eigenvalue weighted by Gasteiger charge is 2.14. The van der Waals surface area contributed by atoms with Crippen LogP contribution in [-0.4, -0.2) is 36.1 Å². The first kappa shape index (κ1) is 19.3. The number of nitrogens with one attached hydrogen (secondary N) is 1. The number of halogens is 1. The summed E-state index contributed by atoms with van der Waals surface area (Å²) in [7, 11) is 1.63. The van der Waals surface area contributed by atoms with E-state index < -0.39 is 0 Å². The van der Waals surface area contributed by atoms with Crippen LogP contribution >= 0.6 is 23.4 Å². The molecule has 132 valence electrons. The van der Waals surface area contributed by atoms with Crippen LogP contribution in [0.25, 0.3) is 0 Å². The number of likely N-dealkylation sites (N-methyl/N-ethyl adjacent to an activating group) is 1. The topological polar surface area (TPSA) is 49.4 Å². The van der Waals surface area contributed by atoms with Crippen molar-refractivity contribution in [1.82, 2.24) is 4.90 Å². The minimum Gasteiger partial charge on any atom is -0.336 e. The summed E-state index contributed by atoms with van der Waals surface area (Å²) in [5.41, 5.74) is 2.84. The number of anilines is 1. The molecule has 0 saturated carbocycles. The predicted octanol–water partition coefficient (Wildman–Crippen LogP) is 4.15. The lowest BCUT2D eigenvalue weighted by atomic mass is 10.1. The Labute approximate surface area is 157 Å². The van der Waals surface area contributed by atoms with Crippen molar-refractivity contribution < 1.29 is 9.59 Å². The van der Waals surface area contributed by atoms with E-state index in [-0.39, 0.29) is 24.1 Å². The van der Waals surface area contributed by atoms with Crippen LogP contribution in [0.15, 0.2) is 47.4 Å². The lowest BCUT2D eigenvalue weighted by molar-refractivity contribution is -0.131. The second-order valence-electron chi connectivity index (χ2n) is 5.86. The fraction of sp³-hybridized carbons (Fsp3) is 0.263. The molecule has 0 aliphatic carbocycles. The van der Waals surface area contributed by atoms with Gasteiger partial charge >= 0.3 is 0 Å². The highest BCUT2D eigenvalue weighted by molar-refractivity contribution is 8.00. The molecule has 0 bridgehead atoms. The first-order chi connectivity index (χ1) is 11.8. The van der Waals surface area contributed by atoms with E-state index in [0.717, 1.165) is 21.7 Å². The predicted molar refractivity (Wildman–Crippen MR) is 104 cm³/mol. The molecule has 0 aromatic heterocycles. The Morgan fingerprint density at radius 3 is 2.48 bits per heavy atom. The van der Waals surface area contributed by atoms with Crippen molar-refractivity contribution in [1.29, 1.82) is 0 Å². The third-order valence-electron chi connectivity index (χ3n) is 3.65. The molecule has 2 aromatic rings. The van der Waals surface area contributed by atoms with E-state index >= 15 is 0 Å². The largest absolute Gasteiger partial charge is 0.336 e. The molecule has 2 rings (SSSR count). The first-order valence-electron chi connectivity index (χ1n) is 7.84. The van der Waals surface area contributed by atoms with Gasteiger partial charge in [0, 0.05) is 22.7 Å². The summed E-state index contributed by atoms with van der Waals surface area (Å²) in [6.07, 6.45) is 0. The van der Waals surface area contributed by atoms with Crippen molar-refractivity contribution in [3.8, 4) is 0 Å². The SMILES string of the molecule is Cc1ccc(C)c(NC(=O)CN(C)C(=O)CSc2ccc(Cl)cc2)c1. The lowest BCUT2D eigenvalue weighted by Gasteiger charge is -2.17. The number of amides is 2. The number of aryl methyl sites for hydroxylation is 2. The number of carbonyl (C=O) groups is 2. The Hall–Kier alpha value is -1.98. The van der Waals surface area contributed by atoms with Crippen molar-refractivity contribution in [2.75, 3.05) is 24.7 Å². The third kappa shape index (κ3) is 6.11. The second-order valence-corrected chi connectivity index (χ2v) is 7.34. The van der Waals surface area contributed by atoms with Crippen LogP contribution in [0, 0.1) is 13.8 Å². The number of rotatable bonds is 6. The van der Waals surface area contributed by atoms with Crippen LogP contribution < -0.4 is 5.32 Å². The minimum atomic E-state index is -0.207. The standard InChI is InChI=1S/C19H21ClN2O2S/c1-13-4-5-14(2)17(10-13)21-18(23)11-22(3)19(24)12-25-16-8-6-15(20)7-9-16/h4-10H,11-12H2,1-3H3,(H,21,23). The molecule has 0 unspecified atom stereocenters. The number of benzene rings is 2. The highest BCUT2D eigenvalue weighted by atomic mass is 35.5. The molecule has 0 aliphatic rings. The summed E-state index contributed by atoms with van der Waals surface area (Å²) >= 11 is 7.26. The van der Waals surface area contributed by atoms with Crippen molar-refractivity contribution in [2.45, 2.75) is 18.7 Å². The van der Waals surface area contributed by atoms with E-state index in [4.69, 9.17) is 11.6 Å². The number of hydrogen-bond acceptors (Lipinski definition) is 3. The van der Waals surface area contributed by atoms with Gasteiger partial charge in [0.15, 0.2) is 0 Å². The average Bonchev–Trinajstić information content (AvgIpc) is 2.57. The van der Waals surface area contributed by atoms with Crippen molar-refractivity contribution >= 4 is 40.9 Å². The number of thioether (sulfide) groups is 1. The molecule has 0 atom stereocenters. The third-order valence-corrected chi connectivity index (χ3v) is 4.90. The Morgan fingerprint density at radius 2 is 1.80 bits per heavy atom. The van der Waals surface area contributed by atoms with Gasteiger partial charge in [-0.3, -0.25) is 9.59 Å². The molecule has 2 aromatic carbocycles. The Balaban J connectivity index is 1.84. The van der Waals surface area contributed by atoms with E-state index in [1.54, 1.807) is 19.2 Å². The zero-order valence-corrected chi connectivity index (χ0v) is 16.1. The van der Waals surface area contributed by atoms with Gasteiger partial charge < -0.3 is 10.2 Å². The van der Waals surface area contributed by atoms with Crippen LogP contribution in [0.5, 0.6) is 0 Å². The number of nitrogens with zero attached hydrogens (tertiary/aromatic N) is 1. The lowest BCUT2D eigenvalue weighted by Crippen LogP contribution is -2.36. The number of carbonyl (C=O) groups excluding carboxylic acids is 2. The van der Waals surface area contributed by atoms with Crippen LogP contribution in [-0.2, 0) is 9.59 Å². The van der Waals surface area contributed by atoms with Gasteiger partial charge in [0.1, 0.15) is 0 Å². The summed E-state index contributed by atoms with van der Waals surface area (Å²) in [6, 6.07) is 13.2. The average molecular weight is 377 g/mol. The van der Waals surface area contributed by atoms with Crippen LogP contribution in [0.4, 0.5) is 5.69 Å². The molecule has 0 radical (unpaired) electrons. The summed E-state index contributed by atoms with van der Waals surface area (Å²) in [4.78, 5) is 26.8. The summed E-state index contributed by atoms with van der Waals surface area (Å²) in [5, 5.41) is 3.53. The van der Waals surface area contributed by atoms with Crippen LogP contribution in [0.1, 0.15) is 11.1 Å². The second kappa shape index (κ2) is 8.92. The summed E-state index contributed by atoms with van der Waals surface area (Å²) in [6.45, 7) is 3.93. The van der Waals surface area contributed by atoms with E-state index in [9.17, 15) is 9.59 Å². The van der Waals surface area contributed by atoms with Crippen molar-refractivity contribution in [3.05, 3.63) is 58.6 Å². The zero-order valence-electron chi connectivity index (χ0n) is 14.5. The maximum atomic E-state index is 12.2. The molecular weight excluding hydrogens is 356 g/mol. The molecule has 0 fully saturated rings. The molecule has 4 nitrogen and oxygen atoms in total. The van der Waals surface area contributed by atoms with Gasteiger partial charge in [-0.1, -0.05) is 23.7 Å². The smallest absolute Gasteiger partial charge is 0.243 e. The van der Waals surface area contributed by atoms with Gasteiger partial charge in [-0.15, -0.1) is 11.8 Å². The van der Waals surface area contributed by atoms with Gasteiger partial charge in [0.05, 0.1) is 12.3 Å². The Bertz CT molecular complexity index is 763. The molecule has 6 heteroatoms. The van der Waals surface area contributed by atoms with Gasteiger partial charge in [0.25, 0.3) is 0 Å². The maximum Gasteiger partial charge on any atom is 0.243 e. The first-order valence-corrected chi connectivity index (χ1v) is 9.21. The van der Waals surface area contributed by atoms with Gasteiger partial charge in [-0.25, -0.2) is 0 Å². The summed E-state index contributed by atoms with van der Waals surface area (Å²) in [5.74, 6) is -0.0355. The maximum absolute atomic E-state index is 12.2. The van der Waals surface area contributed by atoms with E-state index in [1.165, 1.54) is 16.7 Å². The molecule has 0 aliphatic heterocycles. The molecular formula is C19H21ClN2O2S. The molecule has 0 saturated heterocycles. The Kier molecular flexibility index (Phi) is 6.91. The fourth-order valence-electron chi connectivity index (χ4n) is 2.15. The van der Waals surface area contributed by atoms with E-state index in [1.807, 2.05) is 44.2 Å². The highest BCUT2D eigenvalue weighted by Crippen LogP contribution is 2.20. The molecule has 1 N–H and O–H groups in total. The van der Waals surface area contributed by atoms with E-state index in [2.05, 4.69) is 5.32 Å². The van der Waals surface area contributed by atoms with Crippen LogP contribution in [0.2, 0.25) is 5.02 Å². The van der Waals surface area contributed by atoms with Crippen LogP contribution in [0.3, 0.4) is 0 Å². The Morgan fingerprint density at radius 1 is 1.12 bits per heavy atom. The minimum absolute atomic E-state index is 0.0212. The van der Waals surface area contributed by atoms with Gasteiger partial charge in [0.2, 0.25) is 11.8 Å².